The lowest BCUT2D eigenvalue weighted by atomic mass is 9.99. The molecule has 162 valence electrons. The maximum absolute atomic E-state index is 13.4. The molecule has 1 amide bonds. The number of nitrogens with zero attached hydrogens (tertiary/aromatic N) is 2. The van der Waals surface area contributed by atoms with Crippen LogP contribution in [0.3, 0.4) is 0 Å². The smallest absolute Gasteiger partial charge is 0.417 e. The Morgan fingerprint density at radius 3 is 2.53 bits per heavy atom. The Balaban J connectivity index is 1.49. The van der Waals surface area contributed by atoms with E-state index < -0.39 is 11.7 Å². The molecular formula is C25H19F3N2O2. The standard InChI is InChI=1S/C25H19F3N2O2/c26-25(27,28)19-10-5-4-9-18(19)17-12-13-22-20(15-17)29-23(32-22)21-11-6-14-30(21)24(31)16-7-2-1-3-8-16/h1-5,7-10,12-13,15,21H,6,11,14H2/t21-/m0/s1. The fourth-order valence-electron chi connectivity index (χ4n) is 4.25. The number of carbonyl (C=O) groups is 1. The molecule has 1 aliphatic heterocycles. The summed E-state index contributed by atoms with van der Waals surface area (Å²) >= 11 is 0. The minimum absolute atomic E-state index is 0.0878. The Bertz CT molecular complexity index is 1280. The molecule has 5 rings (SSSR count). The topological polar surface area (TPSA) is 46.3 Å². The van der Waals surface area contributed by atoms with Crippen molar-refractivity contribution in [2.45, 2.75) is 25.1 Å². The maximum Gasteiger partial charge on any atom is 0.417 e. The summed E-state index contributed by atoms with van der Waals surface area (Å²) < 4.78 is 46.3. The van der Waals surface area contributed by atoms with Gasteiger partial charge in [0.15, 0.2) is 5.58 Å². The highest BCUT2D eigenvalue weighted by Gasteiger charge is 2.35. The number of aromatic nitrogens is 1. The average molecular weight is 436 g/mol. The summed E-state index contributed by atoms with van der Waals surface area (Å²) in [6.07, 6.45) is -2.91. The molecule has 0 spiro atoms. The number of amides is 1. The zero-order chi connectivity index (χ0) is 22.3. The third-order valence-electron chi connectivity index (χ3n) is 5.77. The van der Waals surface area contributed by atoms with Crippen molar-refractivity contribution in [2.75, 3.05) is 6.54 Å². The van der Waals surface area contributed by atoms with Gasteiger partial charge in [0, 0.05) is 12.1 Å². The second-order valence-corrected chi connectivity index (χ2v) is 7.80. The monoisotopic (exact) mass is 436 g/mol. The van der Waals surface area contributed by atoms with Gasteiger partial charge >= 0.3 is 6.18 Å². The molecule has 1 aromatic heterocycles. The molecule has 0 N–H and O–H groups in total. The summed E-state index contributed by atoms with van der Waals surface area (Å²) in [6.45, 7) is 0.599. The van der Waals surface area contributed by atoms with E-state index >= 15 is 0 Å². The SMILES string of the molecule is O=C(c1ccccc1)N1CCC[C@H]1c1nc2cc(-c3ccccc3C(F)(F)F)ccc2o1. The van der Waals surface area contributed by atoms with E-state index in [0.717, 1.165) is 18.9 Å². The molecule has 1 saturated heterocycles. The van der Waals surface area contributed by atoms with Crippen LogP contribution in [0.4, 0.5) is 13.2 Å². The van der Waals surface area contributed by atoms with Crippen molar-refractivity contribution in [3.63, 3.8) is 0 Å². The van der Waals surface area contributed by atoms with Crippen LogP contribution in [0.5, 0.6) is 0 Å². The number of rotatable bonds is 3. The first kappa shape index (κ1) is 20.3. The third-order valence-corrected chi connectivity index (χ3v) is 5.77. The van der Waals surface area contributed by atoms with Crippen LogP contribution in [0.2, 0.25) is 0 Å². The Morgan fingerprint density at radius 2 is 1.75 bits per heavy atom. The molecular weight excluding hydrogens is 417 g/mol. The second-order valence-electron chi connectivity index (χ2n) is 7.80. The van der Waals surface area contributed by atoms with Gasteiger partial charge in [0.25, 0.3) is 5.91 Å². The number of oxazole rings is 1. The number of hydrogen-bond donors (Lipinski definition) is 0. The second kappa shape index (κ2) is 7.82. The van der Waals surface area contributed by atoms with E-state index in [0.29, 0.717) is 34.7 Å². The zero-order valence-electron chi connectivity index (χ0n) is 17.0. The lowest BCUT2D eigenvalue weighted by molar-refractivity contribution is -0.137. The summed E-state index contributed by atoms with van der Waals surface area (Å²) in [5.74, 6) is 0.318. The summed E-state index contributed by atoms with van der Waals surface area (Å²) in [5.41, 5.74) is 1.35. The van der Waals surface area contributed by atoms with E-state index in [1.54, 1.807) is 41.3 Å². The predicted molar refractivity (Wildman–Crippen MR) is 114 cm³/mol. The van der Waals surface area contributed by atoms with Crippen molar-refractivity contribution in [3.05, 3.63) is 89.8 Å². The van der Waals surface area contributed by atoms with Crippen LogP contribution < -0.4 is 0 Å². The molecule has 4 nitrogen and oxygen atoms in total. The fraction of sp³-hybridized carbons (Fsp3) is 0.200. The molecule has 32 heavy (non-hydrogen) atoms. The zero-order valence-corrected chi connectivity index (χ0v) is 17.0. The number of hydrogen-bond acceptors (Lipinski definition) is 3. The van der Waals surface area contributed by atoms with Crippen LogP contribution in [0, 0.1) is 0 Å². The summed E-state index contributed by atoms with van der Waals surface area (Å²) in [4.78, 5) is 19.3. The molecule has 0 aliphatic carbocycles. The third kappa shape index (κ3) is 3.64. The lowest BCUT2D eigenvalue weighted by Gasteiger charge is -2.22. The van der Waals surface area contributed by atoms with E-state index in [1.165, 1.54) is 12.1 Å². The summed E-state index contributed by atoms with van der Waals surface area (Å²) in [7, 11) is 0. The van der Waals surface area contributed by atoms with Gasteiger partial charge in [-0.05, 0) is 54.3 Å². The van der Waals surface area contributed by atoms with Crippen molar-refractivity contribution in [1.29, 1.82) is 0 Å². The van der Waals surface area contributed by atoms with Gasteiger partial charge in [-0.15, -0.1) is 0 Å². The molecule has 2 heterocycles. The van der Waals surface area contributed by atoms with Crippen LogP contribution in [0.15, 0.2) is 77.2 Å². The minimum Gasteiger partial charge on any atom is -0.438 e. The van der Waals surface area contributed by atoms with Crippen molar-refractivity contribution >= 4 is 17.0 Å². The largest absolute Gasteiger partial charge is 0.438 e. The maximum atomic E-state index is 13.4. The van der Waals surface area contributed by atoms with Crippen LogP contribution in [-0.4, -0.2) is 22.3 Å². The molecule has 1 fully saturated rings. The number of benzene rings is 3. The Labute approximate surface area is 182 Å². The van der Waals surface area contributed by atoms with Gasteiger partial charge in [0.05, 0.1) is 5.56 Å². The molecule has 0 radical (unpaired) electrons. The van der Waals surface area contributed by atoms with Crippen molar-refractivity contribution in [2.24, 2.45) is 0 Å². The van der Waals surface area contributed by atoms with E-state index in [9.17, 15) is 18.0 Å². The van der Waals surface area contributed by atoms with Gasteiger partial charge < -0.3 is 9.32 Å². The number of fused-ring (bicyclic) bond motifs is 1. The molecule has 7 heteroatoms. The first-order valence-electron chi connectivity index (χ1n) is 10.3. The number of carbonyl (C=O) groups excluding carboxylic acids is 1. The van der Waals surface area contributed by atoms with Crippen molar-refractivity contribution in [3.8, 4) is 11.1 Å². The van der Waals surface area contributed by atoms with E-state index in [4.69, 9.17) is 4.42 Å². The molecule has 1 aliphatic rings. The van der Waals surface area contributed by atoms with Crippen LogP contribution in [-0.2, 0) is 6.18 Å². The average Bonchev–Trinajstić information content (AvgIpc) is 3.45. The van der Waals surface area contributed by atoms with Gasteiger partial charge in [0.2, 0.25) is 5.89 Å². The van der Waals surface area contributed by atoms with E-state index in [1.807, 2.05) is 18.2 Å². The van der Waals surface area contributed by atoms with Crippen molar-refractivity contribution in [1.82, 2.24) is 9.88 Å². The summed E-state index contributed by atoms with van der Waals surface area (Å²) in [5, 5.41) is 0. The quantitative estimate of drug-likeness (QED) is 0.369. The van der Waals surface area contributed by atoms with Gasteiger partial charge in [-0.3, -0.25) is 4.79 Å². The number of alkyl halides is 3. The molecule has 0 unspecified atom stereocenters. The highest BCUT2D eigenvalue weighted by atomic mass is 19.4. The Morgan fingerprint density at radius 1 is 1.00 bits per heavy atom. The van der Waals surface area contributed by atoms with Gasteiger partial charge in [-0.25, -0.2) is 4.98 Å². The molecule has 0 saturated carbocycles. The number of likely N-dealkylation sites (tertiary alicyclic amines) is 1. The lowest BCUT2D eigenvalue weighted by Crippen LogP contribution is -2.30. The van der Waals surface area contributed by atoms with Crippen LogP contribution in [0.25, 0.3) is 22.2 Å². The molecule has 3 aromatic carbocycles. The molecule has 0 bridgehead atoms. The number of halogens is 3. The van der Waals surface area contributed by atoms with Crippen molar-refractivity contribution < 1.29 is 22.4 Å². The normalized spacial score (nSPS) is 16.6. The highest BCUT2D eigenvalue weighted by molar-refractivity contribution is 5.94. The van der Waals surface area contributed by atoms with E-state index in [-0.39, 0.29) is 17.5 Å². The Hall–Kier alpha value is -3.61. The van der Waals surface area contributed by atoms with Crippen LogP contribution in [0.1, 0.15) is 40.7 Å². The predicted octanol–water partition coefficient (Wildman–Crippen LogP) is 6.49. The highest BCUT2D eigenvalue weighted by Crippen LogP contribution is 2.39. The summed E-state index contributed by atoms with van der Waals surface area (Å²) in [6, 6.07) is 19.0. The minimum atomic E-state index is -4.46. The molecule has 1 atom stereocenters. The fourth-order valence-corrected chi connectivity index (χ4v) is 4.25. The van der Waals surface area contributed by atoms with E-state index in [2.05, 4.69) is 4.98 Å². The van der Waals surface area contributed by atoms with Gasteiger partial charge in [0.1, 0.15) is 11.6 Å². The van der Waals surface area contributed by atoms with Crippen LogP contribution >= 0.6 is 0 Å². The first-order valence-corrected chi connectivity index (χ1v) is 10.3. The Kier molecular flexibility index (Phi) is 4.96. The molecule has 4 aromatic rings. The van der Waals surface area contributed by atoms with Gasteiger partial charge in [-0.2, -0.15) is 13.2 Å². The first-order chi connectivity index (χ1) is 15.4. The van der Waals surface area contributed by atoms with Gasteiger partial charge in [-0.1, -0.05) is 42.5 Å².